The first-order valence-corrected chi connectivity index (χ1v) is 21.9. The third-order valence-corrected chi connectivity index (χ3v) is 11.3. The Morgan fingerprint density at radius 3 is 1.44 bits per heavy atom. The van der Waals surface area contributed by atoms with E-state index in [1.807, 2.05) is 64.1 Å². The third kappa shape index (κ3) is 11.4. The number of benzene rings is 6. The highest BCUT2D eigenvalue weighted by atomic mass is 16.6. The number of rotatable bonds is 21. The second kappa shape index (κ2) is 22.9. The molecule has 0 aliphatic heterocycles. The van der Waals surface area contributed by atoms with E-state index in [2.05, 4.69) is 0 Å². The topological polar surface area (TPSA) is 205 Å². The van der Waals surface area contributed by atoms with Crippen molar-refractivity contribution in [1.82, 2.24) is 0 Å². The van der Waals surface area contributed by atoms with Gasteiger partial charge in [0.1, 0.15) is 17.1 Å². The molecular weight excluding hydrogens is 873 g/mol. The number of hydrogen-bond donors (Lipinski definition) is 4. The maximum Gasteiger partial charge on any atom is 0.347 e. The third-order valence-electron chi connectivity index (χ3n) is 11.3. The molecule has 354 valence electrons. The first-order chi connectivity index (χ1) is 32.8. The van der Waals surface area contributed by atoms with Crippen LogP contribution in [-0.4, -0.2) is 71.4 Å². The molecule has 0 aromatic heterocycles. The van der Waals surface area contributed by atoms with Crippen molar-refractivity contribution in [3.8, 4) is 45.6 Å². The normalized spacial score (nSPS) is 10.9. The zero-order valence-electron chi connectivity index (χ0n) is 38.8. The Kier molecular flexibility index (Phi) is 16.9. The van der Waals surface area contributed by atoms with Crippen LogP contribution in [0.15, 0.2) is 97.1 Å². The number of esters is 2. The minimum Gasteiger partial charge on any atom is -0.496 e. The Balaban J connectivity index is 1.10. The van der Waals surface area contributed by atoms with E-state index in [1.54, 1.807) is 12.1 Å². The van der Waals surface area contributed by atoms with E-state index in [0.29, 0.717) is 47.0 Å². The number of Topliss-reactive ketones (excluding diaryl/α,β-unsaturated/α-hetero) is 2. The summed E-state index contributed by atoms with van der Waals surface area (Å²) < 4.78 is 33.6. The predicted molar refractivity (Wildman–Crippen MR) is 252 cm³/mol. The summed E-state index contributed by atoms with van der Waals surface area (Å²) in [7, 11) is 2.85. The van der Waals surface area contributed by atoms with Crippen molar-refractivity contribution in [2.24, 2.45) is 0 Å². The van der Waals surface area contributed by atoms with Gasteiger partial charge in [-0.05, 0) is 126 Å². The van der Waals surface area contributed by atoms with Crippen molar-refractivity contribution in [3.63, 3.8) is 0 Å². The van der Waals surface area contributed by atoms with Crippen LogP contribution in [0.1, 0.15) is 99.8 Å². The van der Waals surface area contributed by atoms with E-state index in [1.165, 1.54) is 62.8 Å². The smallest absolute Gasteiger partial charge is 0.347 e. The first-order valence-electron chi connectivity index (χ1n) is 21.9. The van der Waals surface area contributed by atoms with Crippen LogP contribution in [-0.2, 0) is 39.3 Å². The molecule has 0 heterocycles. The second-order valence-corrected chi connectivity index (χ2v) is 15.7. The molecule has 4 N–H and O–H groups in total. The molecule has 6 aromatic carbocycles. The second-order valence-electron chi connectivity index (χ2n) is 15.7. The van der Waals surface area contributed by atoms with Crippen LogP contribution in [0.25, 0.3) is 11.1 Å². The highest BCUT2D eigenvalue weighted by molar-refractivity contribution is 6.00. The quantitative estimate of drug-likeness (QED) is 0.0307. The van der Waals surface area contributed by atoms with Gasteiger partial charge in [-0.2, -0.15) is 0 Å². The van der Waals surface area contributed by atoms with Crippen LogP contribution in [0.4, 0.5) is 0 Å². The lowest BCUT2D eigenvalue weighted by molar-refractivity contribution is 0.0716. The lowest BCUT2D eigenvalue weighted by Gasteiger charge is -2.16. The average molecular weight is 927 g/mol. The summed E-state index contributed by atoms with van der Waals surface area (Å²) in [5, 5.41) is 39.3. The molecule has 0 fully saturated rings. The number of aliphatic hydroxyl groups is 4. The van der Waals surface area contributed by atoms with Crippen molar-refractivity contribution in [3.05, 3.63) is 164 Å². The number of ether oxygens (including phenoxy) is 6. The zero-order chi connectivity index (χ0) is 49.1. The van der Waals surface area contributed by atoms with Crippen molar-refractivity contribution in [2.75, 3.05) is 27.4 Å². The largest absolute Gasteiger partial charge is 0.496 e. The van der Waals surface area contributed by atoms with E-state index >= 15 is 0 Å². The first kappa shape index (κ1) is 50.1. The average Bonchev–Trinajstić information content (AvgIpc) is 3.34. The van der Waals surface area contributed by atoms with Crippen molar-refractivity contribution in [2.45, 2.75) is 67.0 Å². The van der Waals surface area contributed by atoms with E-state index in [4.69, 9.17) is 28.4 Å². The van der Waals surface area contributed by atoms with Gasteiger partial charge in [0.15, 0.2) is 34.6 Å². The van der Waals surface area contributed by atoms with Crippen molar-refractivity contribution < 1.29 is 68.0 Å². The number of carbonyl (C=O) groups excluding carboxylic acids is 4. The summed E-state index contributed by atoms with van der Waals surface area (Å²) in [4.78, 5) is 53.6. The number of aliphatic hydroxyl groups excluding tert-OH is 4. The van der Waals surface area contributed by atoms with Crippen molar-refractivity contribution in [1.29, 1.82) is 0 Å². The van der Waals surface area contributed by atoms with E-state index in [9.17, 15) is 39.6 Å². The van der Waals surface area contributed by atoms with Gasteiger partial charge in [0.25, 0.3) is 0 Å². The summed E-state index contributed by atoms with van der Waals surface area (Å²) in [5.41, 5.74) is 7.19. The van der Waals surface area contributed by atoms with E-state index in [0.717, 1.165) is 33.4 Å². The molecule has 0 saturated carbocycles. The maximum absolute atomic E-state index is 13.6. The van der Waals surface area contributed by atoms with Crippen molar-refractivity contribution >= 4 is 23.5 Å². The van der Waals surface area contributed by atoms with Crippen LogP contribution in [0, 0.1) is 13.8 Å². The Morgan fingerprint density at radius 1 is 0.441 bits per heavy atom. The number of hydrogen-bond acceptors (Lipinski definition) is 14. The van der Waals surface area contributed by atoms with Gasteiger partial charge < -0.3 is 48.8 Å². The van der Waals surface area contributed by atoms with Crippen LogP contribution >= 0.6 is 0 Å². The minimum atomic E-state index is -0.845. The number of methoxy groups -OCH3 is 2. The van der Waals surface area contributed by atoms with Crippen LogP contribution in [0.2, 0.25) is 0 Å². The Bertz CT molecular complexity index is 2840. The SMILES string of the molecule is CCOc1cc(OC)c(C(=O)Oc2ccc(C(=O)Cc3ccc(-c4ccc(CC(=O)c5ccc(OC(=O)c6cc(CO)c(CO)cc6CO)c(CO)c5)cc4C)c(C)c3)cc2OC)cc1OCC. The summed E-state index contributed by atoms with van der Waals surface area (Å²) in [6.45, 7) is 6.43. The van der Waals surface area contributed by atoms with Gasteiger partial charge in [-0.15, -0.1) is 0 Å². The number of aryl methyl sites for hydroxylation is 2. The molecule has 14 nitrogen and oxygen atoms in total. The minimum absolute atomic E-state index is 0.0118. The van der Waals surface area contributed by atoms with Gasteiger partial charge in [0, 0.05) is 41.7 Å². The predicted octanol–water partition coefficient (Wildman–Crippen LogP) is 8.04. The van der Waals surface area contributed by atoms with E-state index < -0.39 is 38.4 Å². The molecule has 0 radical (unpaired) electrons. The summed E-state index contributed by atoms with van der Waals surface area (Å²) in [5.74, 6) is -0.604. The Labute approximate surface area is 394 Å². The number of carbonyl (C=O) groups is 4. The molecule has 6 rings (SSSR count). The molecule has 0 atom stereocenters. The molecule has 0 spiro atoms. The lowest BCUT2D eigenvalue weighted by Crippen LogP contribution is -2.15. The van der Waals surface area contributed by atoms with Crippen LogP contribution < -0.4 is 28.4 Å². The molecule has 0 bridgehead atoms. The maximum atomic E-state index is 13.6. The molecule has 0 aliphatic carbocycles. The number of ketones is 2. The van der Waals surface area contributed by atoms with Crippen LogP contribution in [0.3, 0.4) is 0 Å². The molecule has 0 unspecified atom stereocenters. The molecule has 14 heteroatoms. The van der Waals surface area contributed by atoms with Gasteiger partial charge in [0.2, 0.25) is 0 Å². The fourth-order valence-corrected chi connectivity index (χ4v) is 7.82. The molecular formula is C54H54O14. The van der Waals surface area contributed by atoms with Gasteiger partial charge in [-0.25, -0.2) is 9.59 Å². The molecule has 68 heavy (non-hydrogen) atoms. The monoisotopic (exact) mass is 926 g/mol. The standard InChI is InChI=1S/C54H54O14/c1-7-65-51-25-44(49(63-5)26-52(51)66-8-2)54(62)68-48-16-12-36(24-50(48)64-6)46(60)20-34-10-14-42(32(4)18-34)41-13-9-33(17-31(41)3)19-45(59)35-11-15-47(40(21-35)30-58)67-53(61)43-23-38(28-56)37(27-55)22-39(43)29-57/h9-18,21-26,55-58H,7-8,19-20,27-30H2,1-6H3. The molecule has 0 aliphatic rings. The fraction of sp³-hybridized carbons (Fsp3) is 0.259. The summed E-state index contributed by atoms with van der Waals surface area (Å²) >= 11 is 0. The van der Waals surface area contributed by atoms with E-state index in [-0.39, 0.29) is 69.7 Å². The summed E-state index contributed by atoms with van der Waals surface area (Å²) in [6.07, 6.45) is 0.164. The Morgan fingerprint density at radius 2 is 0.926 bits per heavy atom. The van der Waals surface area contributed by atoms with Gasteiger partial charge >= 0.3 is 11.9 Å². The highest BCUT2D eigenvalue weighted by Crippen LogP contribution is 2.37. The molecule has 0 amide bonds. The van der Waals surface area contributed by atoms with Gasteiger partial charge in [-0.1, -0.05) is 36.4 Å². The zero-order valence-corrected chi connectivity index (χ0v) is 38.8. The fourth-order valence-electron chi connectivity index (χ4n) is 7.82. The van der Waals surface area contributed by atoms with Crippen LogP contribution in [0.5, 0.6) is 34.5 Å². The lowest BCUT2D eigenvalue weighted by atomic mass is 9.91. The van der Waals surface area contributed by atoms with Gasteiger partial charge in [-0.3, -0.25) is 9.59 Å². The Hall–Kier alpha value is -7.36. The molecule has 6 aromatic rings. The molecule has 0 saturated heterocycles. The summed E-state index contributed by atoms with van der Waals surface area (Å²) in [6, 6.07) is 26.4. The highest BCUT2D eigenvalue weighted by Gasteiger charge is 2.24. The van der Waals surface area contributed by atoms with Gasteiger partial charge in [0.05, 0.1) is 59.4 Å².